The van der Waals surface area contributed by atoms with E-state index in [1.807, 2.05) is 60.8 Å². The first kappa shape index (κ1) is 16.7. The summed E-state index contributed by atoms with van der Waals surface area (Å²) in [6.07, 6.45) is 3.51. The number of para-hydroxylation sites is 1. The lowest BCUT2D eigenvalue weighted by Crippen LogP contribution is -2.23. The van der Waals surface area contributed by atoms with Crippen molar-refractivity contribution in [2.24, 2.45) is 0 Å². The number of aryl methyl sites for hydroxylation is 1. The fourth-order valence-electron chi connectivity index (χ4n) is 2.72. The van der Waals surface area contributed by atoms with E-state index in [0.717, 1.165) is 22.3 Å². The lowest BCUT2D eigenvalue weighted by atomic mass is 10.1. The number of benzene rings is 2. The molecule has 2 heterocycles. The molecule has 0 bridgehead atoms. The van der Waals surface area contributed by atoms with E-state index in [-0.39, 0.29) is 5.91 Å². The normalized spacial score (nSPS) is 11.3. The highest BCUT2D eigenvalue weighted by atomic mass is 32.1. The van der Waals surface area contributed by atoms with Crippen LogP contribution in [0.2, 0.25) is 0 Å². The lowest BCUT2D eigenvalue weighted by Gasteiger charge is -2.18. The van der Waals surface area contributed by atoms with Gasteiger partial charge in [-0.25, -0.2) is 4.98 Å². The first-order chi connectivity index (χ1) is 12.7. The lowest BCUT2D eigenvalue weighted by molar-refractivity contribution is -0.113. The average Bonchev–Trinajstić information content (AvgIpc) is 3.27. The average molecular weight is 377 g/mol. The zero-order chi connectivity index (χ0) is 17.9. The Morgan fingerprint density at radius 3 is 2.54 bits per heavy atom. The summed E-state index contributed by atoms with van der Waals surface area (Å²) in [7, 11) is 0. The SMILES string of the molecule is Cc1csc(N(C(=O)C=Cc2csc3ccccc23)c2ccccc2)n1. The van der Waals surface area contributed by atoms with Crippen LogP contribution in [0.15, 0.2) is 71.4 Å². The number of nitrogens with zero attached hydrogens (tertiary/aromatic N) is 2. The Kier molecular flexibility index (Phi) is 4.65. The van der Waals surface area contributed by atoms with Crippen molar-refractivity contribution in [1.29, 1.82) is 0 Å². The second kappa shape index (κ2) is 7.23. The molecule has 0 atom stereocenters. The highest BCUT2D eigenvalue weighted by molar-refractivity contribution is 7.17. The number of hydrogen-bond donors (Lipinski definition) is 0. The van der Waals surface area contributed by atoms with Gasteiger partial charge in [0, 0.05) is 16.2 Å². The van der Waals surface area contributed by atoms with Crippen molar-refractivity contribution in [3.63, 3.8) is 0 Å². The van der Waals surface area contributed by atoms with E-state index in [0.29, 0.717) is 5.13 Å². The van der Waals surface area contributed by atoms with Crippen molar-refractivity contribution in [2.45, 2.75) is 6.92 Å². The minimum absolute atomic E-state index is 0.110. The molecule has 5 heteroatoms. The Morgan fingerprint density at radius 2 is 1.77 bits per heavy atom. The minimum Gasteiger partial charge on any atom is -0.269 e. The third-order valence-electron chi connectivity index (χ3n) is 3.95. The molecule has 3 nitrogen and oxygen atoms in total. The first-order valence-electron chi connectivity index (χ1n) is 8.18. The molecule has 1 amide bonds. The third kappa shape index (κ3) is 3.31. The molecule has 4 aromatic rings. The molecule has 26 heavy (non-hydrogen) atoms. The maximum atomic E-state index is 13.0. The van der Waals surface area contributed by atoms with Gasteiger partial charge in [-0.05, 0) is 47.5 Å². The molecule has 2 aromatic carbocycles. The van der Waals surface area contributed by atoms with E-state index in [9.17, 15) is 4.79 Å². The summed E-state index contributed by atoms with van der Waals surface area (Å²) in [5, 5.41) is 5.88. The number of thiophene rings is 1. The Morgan fingerprint density at radius 1 is 1.00 bits per heavy atom. The quantitative estimate of drug-likeness (QED) is 0.407. The standard InChI is InChI=1S/C21H16N2OS2/c1-15-13-26-21(22-15)23(17-7-3-2-4-8-17)20(24)12-11-16-14-25-19-10-6-5-9-18(16)19/h2-14H,1H3. The molecule has 128 valence electrons. The monoisotopic (exact) mass is 376 g/mol. The molecule has 0 aliphatic rings. The number of hydrogen-bond acceptors (Lipinski definition) is 4. The van der Waals surface area contributed by atoms with Gasteiger partial charge < -0.3 is 0 Å². The molecule has 0 aliphatic heterocycles. The molecule has 0 radical (unpaired) electrons. The minimum atomic E-state index is -0.110. The van der Waals surface area contributed by atoms with Crippen LogP contribution in [0.1, 0.15) is 11.3 Å². The zero-order valence-corrected chi connectivity index (χ0v) is 15.8. The Bertz CT molecular complexity index is 1080. The fourth-order valence-corrected chi connectivity index (χ4v) is 4.47. The summed E-state index contributed by atoms with van der Waals surface area (Å²) in [5.41, 5.74) is 2.78. The molecule has 0 fully saturated rings. The number of carbonyl (C=O) groups excluding carboxylic acids is 1. The molecule has 0 saturated heterocycles. The number of fused-ring (bicyclic) bond motifs is 1. The predicted molar refractivity (Wildman–Crippen MR) is 111 cm³/mol. The number of thiazole rings is 1. The predicted octanol–water partition coefficient (Wildman–Crippen LogP) is 6.04. The number of rotatable bonds is 4. The molecule has 0 aliphatic carbocycles. The van der Waals surface area contributed by atoms with Gasteiger partial charge in [0.25, 0.3) is 5.91 Å². The van der Waals surface area contributed by atoms with E-state index in [1.165, 1.54) is 16.0 Å². The van der Waals surface area contributed by atoms with Gasteiger partial charge in [0.05, 0.1) is 11.4 Å². The van der Waals surface area contributed by atoms with Crippen molar-refractivity contribution in [2.75, 3.05) is 4.90 Å². The maximum absolute atomic E-state index is 13.0. The van der Waals surface area contributed by atoms with Gasteiger partial charge in [0.1, 0.15) is 0 Å². The van der Waals surface area contributed by atoms with Crippen molar-refractivity contribution in [1.82, 2.24) is 4.98 Å². The van der Waals surface area contributed by atoms with Crippen LogP contribution < -0.4 is 4.90 Å². The van der Waals surface area contributed by atoms with Crippen molar-refractivity contribution in [3.05, 3.63) is 82.7 Å². The summed E-state index contributed by atoms with van der Waals surface area (Å²) < 4.78 is 1.22. The molecular weight excluding hydrogens is 360 g/mol. The summed E-state index contributed by atoms with van der Waals surface area (Å²) in [5.74, 6) is -0.110. The van der Waals surface area contributed by atoms with E-state index < -0.39 is 0 Å². The zero-order valence-electron chi connectivity index (χ0n) is 14.1. The van der Waals surface area contributed by atoms with Crippen LogP contribution >= 0.6 is 22.7 Å². The van der Waals surface area contributed by atoms with Crippen molar-refractivity contribution in [3.8, 4) is 0 Å². The van der Waals surface area contributed by atoms with E-state index >= 15 is 0 Å². The van der Waals surface area contributed by atoms with Crippen LogP contribution in [0.4, 0.5) is 10.8 Å². The largest absolute Gasteiger partial charge is 0.269 e. The Hall–Kier alpha value is -2.76. The maximum Gasteiger partial charge on any atom is 0.257 e. The Balaban J connectivity index is 1.68. The fraction of sp³-hybridized carbons (Fsp3) is 0.0476. The van der Waals surface area contributed by atoms with Gasteiger partial charge in [0.2, 0.25) is 0 Å². The molecule has 0 unspecified atom stereocenters. The van der Waals surface area contributed by atoms with Crippen LogP contribution in [0.25, 0.3) is 16.2 Å². The smallest absolute Gasteiger partial charge is 0.257 e. The molecule has 4 rings (SSSR count). The molecule has 0 saturated carbocycles. The van der Waals surface area contributed by atoms with E-state index in [2.05, 4.69) is 22.5 Å². The number of carbonyl (C=O) groups is 1. The van der Waals surface area contributed by atoms with Gasteiger partial charge in [-0.1, -0.05) is 36.4 Å². The van der Waals surface area contributed by atoms with Crippen LogP contribution in [-0.4, -0.2) is 10.9 Å². The molecule has 0 spiro atoms. The molecular formula is C21H16N2OS2. The number of anilines is 2. The van der Waals surface area contributed by atoms with Crippen molar-refractivity contribution >= 4 is 55.6 Å². The van der Waals surface area contributed by atoms with Gasteiger partial charge in [-0.15, -0.1) is 22.7 Å². The first-order valence-corrected chi connectivity index (χ1v) is 9.94. The summed E-state index contributed by atoms with van der Waals surface area (Å²) >= 11 is 3.15. The van der Waals surface area contributed by atoms with Gasteiger partial charge >= 0.3 is 0 Å². The second-order valence-corrected chi connectivity index (χ2v) is 7.55. The molecule has 0 N–H and O–H groups in total. The van der Waals surface area contributed by atoms with Gasteiger partial charge in [-0.2, -0.15) is 0 Å². The van der Waals surface area contributed by atoms with Crippen molar-refractivity contribution < 1.29 is 4.79 Å². The summed E-state index contributed by atoms with van der Waals surface area (Å²) in [6, 6.07) is 17.8. The van der Waals surface area contributed by atoms with Crippen LogP contribution in [0.5, 0.6) is 0 Å². The third-order valence-corrected chi connectivity index (χ3v) is 5.87. The number of amides is 1. The van der Waals surface area contributed by atoms with E-state index in [4.69, 9.17) is 0 Å². The summed E-state index contributed by atoms with van der Waals surface area (Å²) in [6.45, 7) is 1.93. The van der Waals surface area contributed by atoms with Crippen LogP contribution in [0.3, 0.4) is 0 Å². The van der Waals surface area contributed by atoms with E-state index in [1.54, 1.807) is 22.3 Å². The topological polar surface area (TPSA) is 33.2 Å². The highest BCUT2D eigenvalue weighted by Crippen LogP contribution is 2.30. The highest BCUT2D eigenvalue weighted by Gasteiger charge is 2.18. The summed E-state index contributed by atoms with van der Waals surface area (Å²) in [4.78, 5) is 19.1. The molecule has 2 aromatic heterocycles. The second-order valence-electron chi connectivity index (χ2n) is 5.80. The number of aromatic nitrogens is 1. The van der Waals surface area contributed by atoms with Crippen LogP contribution in [-0.2, 0) is 4.79 Å². The Labute approximate surface area is 159 Å². The van der Waals surface area contributed by atoms with Crippen LogP contribution in [0, 0.1) is 6.92 Å². The van der Waals surface area contributed by atoms with Gasteiger partial charge in [-0.3, -0.25) is 9.69 Å². The van der Waals surface area contributed by atoms with Gasteiger partial charge in [0.15, 0.2) is 5.13 Å².